The second kappa shape index (κ2) is 4.94. The zero-order chi connectivity index (χ0) is 15.0. The molecular formula is C16H14N2O3. The van der Waals surface area contributed by atoms with Crippen molar-refractivity contribution >= 4 is 17.0 Å². The number of rotatable bonds is 3. The summed E-state index contributed by atoms with van der Waals surface area (Å²) in [7, 11) is 0. The van der Waals surface area contributed by atoms with Gasteiger partial charge in [0.05, 0.1) is 23.1 Å². The lowest BCUT2D eigenvalue weighted by atomic mass is 10.1. The van der Waals surface area contributed by atoms with E-state index in [-0.39, 0.29) is 11.3 Å². The SMILES string of the molecule is Cc1cccc(Cn2c(=O)[nH]c3ccc(C(=O)O)cc32)c1. The van der Waals surface area contributed by atoms with Crippen LogP contribution in [0, 0.1) is 6.92 Å². The second-order valence-electron chi connectivity index (χ2n) is 5.04. The van der Waals surface area contributed by atoms with Gasteiger partial charge in [-0.3, -0.25) is 4.57 Å². The van der Waals surface area contributed by atoms with E-state index in [0.29, 0.717) is 17.6 Å². The Morgan fingerprint density at radius 2 is 2.05 bits per heavy atom. The first kappa shape index (κ1) is 13.2. The van der Waals surface area contributed by atoms with Crippen LogP contribution in [0.15, 0.2) is 47.3 Å². The number of imidazole rings is 1. The minimum Gasteiger partial charge on any atom is -0.478 e. The number of benzene rings is 2. The lowest BCUT2D eigenvalue weighted by molar-refractivity contribution is 0.0697. The molecule has 1 aromatic heterocycles. The van der Waals surface area contributed by atoms with Crippen LogP contribution in [0.3, 0.4) is 0 Å². The molecule has 5 heteroatoms. The first-order valence-electron chi connectivity index (χ1n) is 6.56. The maximum atomic E-state index is 12.1. The Labute approximate surface area is 120 Å². The van der Waals surface area contributed by atoms with Gasteiger partial charge in [-0.2, -0.15) is 0 Å². The quantitative estimate of drug-likeness (QED) is 0.774. The van der Waals surface area contributed by atoms with Crippen LogP contribution in [0.25, 0.3) is 11.0 Å². The van der Waals surface area contributed by atoms with Crippen molar-refractivity contribution in [1.82, 2.24) is 9.55 Å². The van der Waals surface area contributed by atoms with Gasteiger partial charge in [0.25, 0.3) is 0 Å². The third kappa shape index (κ3) is 2.45. The molecule has 0 spiro atoms. The van der Waals surface area contributed by atoms with Crippen molar-refractivity contribution in [3.63, 3.8) is 0 Å². The fourth-order valence-corrected chi connectivity index (χ4v) is 2.44. The van der Waals surface area contributed by atoms with Crippen molar-refractivity contribution in [3.05, 3.63) is 69.6 Å². The van der Waals surface area contributed by atoms with Gasteiger partial charge in [0.15, 0.2) is 0 Å². The predicted molar refractivity (Wildman–Crippen MR) is 79.8 cm³/mol. The summed E-state index contributed by atoms with van der Waals surface area (Å²) in [5, 5.41) is 9.07. The number of aryl methyl sites for hydroxylation is 1. The van der Waals surface area contributed by atoms with E-state index >= 15 is 0 Å². The smallest absolute Gasteiger partial charge is 0.335 e. The van der Waals surface area contributed by atoms with Gasteiger partial charge in [-0.05, 0) is 30.7 Å². The van der Waals surface area contributed by atoms with E-state index in [2.05, 4.69) is 4.98 Å². The Hall–Kier alpha value is -2.82. The minimum absolute atomic E-state index is 0.166. The molecule has 0 amide bonds. The molecule has 0 bridgehead atoms. The Morgan fingerprint density at radius 3 is 2.76 bits per heavy atom. The maximum Gasteiger partial charge on any atom is 0.335 e. The molecule has 5 nitrogen and oxygen atoms in total. The van der Waals surface area contributed by atoms with E-state index < -0.39 is 5.97 Å². The third-order valence-electron chi connectivity index (χ3n) is 3.45. The summed E-state index contributed by atoms with van der Waals surface area (Å²) >= 11 is 0. The van der Waals surface area contributed by atoms with Crippen LogP contribution >= 0.6 is 0 Å². The average molecular weight is 282 g/mol. The minimum atomic E-state index is -1.01. The zero-order valence-corrected chi connectivity index (χ0v) is 11.5. The normalized spacial score (nSPS) is 10.9. The lowest BCUT2D eigenvalue weighted by Crippen LogP contribution is -2.17. The molecule has 3 aromatic rings. The zero-order valence-electron chi connectivity index (χ0n) is 11.5. The largest absolute Gasteiger partial charge is 0.478 e. The molecule has 0 unspecified atom stereocenters. The van der Waals surface area contributed by atoms with Gasteiger partial charge >= 0.3 is 11.7 Å². The fraction of sp³-hybridized carbons (Fsp3) is 0.125. The van der Waals surface area contributed by atoms with Gasteiger partial charge in [0.2, 0.25) is 0 Å². The molecule has 21 heavy (non-hydrogen) atoms. The number of H-pyrrole nitrogens is 1. The summed E-state index contributed by atoms with van der Waals surface area (Å²) in [5.74, 6) is -1.01. The van der Waals surface area contributed by atoms with Gasteiger partial charge in [-0.15, -0.1) is 0 Å². The number of carboxylic acid groups (broad SMARTS) is 1. The van der Waals surface area contributed by atoms with E-state index in [1.54, 1.807) is 10.6 Å². The highest BCUT2D eigenvalue weighted by Gasteiger charge is 2.10. The van der Waals surface area contributed by atoms with Crippen molar-refractivity contribution in [2.24, 2.45) is 0 Å². The predicted octanol–water partition coefficient (Wildman–Crippen LogP) is 2.38. The summed E-state index contributed by atoms with van der Waals surface area (Å²) in [6.45, 7) is 2.40. The van der Waals surface area contributed by atoms with Crippen LogP contribution in [-0.4, -0.2) is 20.6 Å². The second-order valence-corrected chi connectivity index (χ2v) is 5.04. The highest BCUT2D eigenvalue weighted by atomic mass is 16.4. The Kier molecular flexibility index (Phi) is 3.10. The number of aromatic nitrogens is 2. The molecule has 0 fully saturated rings. The fourth-order valence-electron chi connectivity index (χ4n) is 2.44. The number of nitrogens with zero attached hydrogens (tertiary/aromatic N) is 1. The molecule has 0 aliphatic rings. The van der Waals surface area contributed by atoms with Gasteiger partial charge < -0.3 is 10.1 Å². The molecule has 2 N–H and O–H groups in total. The van der Waals surface area contributed by atoms with E-state index in [0.717, 1.165) is 11.1 Å². The Morgan fingerprint density at radius 1 is 1.24 bits per heavy atom. The van der Waals surface area contributed by atoms with Crippen LogP contribution < -0.4 is 5.69 Å². The van der Waals surface area contributed by atoms with Crippen molar-refractivity contribution in [2.75, 3.05) is 0 Å². The van der Waals surface area contributed by atoms with Crippen molar-refractivity contribution in [3.8, 4) is 0 Å². The average Bonchev–Trinajstić information content (AvgIpc) is 2.74. The van der Waals surface area contributed by atoms with Crippen molar-refractivity contribution in [2.45, 2.75) is 13.5 Å². The molecule has 0 atom stereocenters. The molecule has 1 heterocycles. The highest BCUT2D eigenvalue weighted by Crippen LogP contribution is 2.15. The van der Waals surface area contributed by atoms with Gasteiger partial charge in [-0.1, -0.05) is 29.8 Å². The molecular weight excluding hydrogens is 268 g/mol. The monoisotopic (exact) mass is 282 g/mol. The first-order chi connectivity index (χ1) is 10.0. The standard InChI is InChI=1S/C16H14N2O3/c1-10-3-2-4-11(7-10)9-18-14-8-12(15(19)20)5-6-13(14)17-16(18)21/h2-8H,9H2,1H3,(H,17,21)(H,19,20). The van der Waals surface area contributed by atoms with Crippen LogP contribution in [-0.2, 0) is 6.54 Å². The summed E-state index contributed by atoms with van der Waals surface area (Å²) in [5.41, 5.74) is 3.28. The van der Waals surface area contributed by atoms with E-state index in [1.165, 1.54) is 12.1 Å². The van der Waals surface area contributed by atoms with Gasteiger partial charge in [0.1, 0.15) is 0 Å². The summed E-state index contributed by atoms with van der Waals surface area (Å²) in [6, 6.07) is 12.5. The van der Waals surface area contributed by atoms with Gasteiger partial charge in [-0.25, -0.2) is 9.59 Å². The molecule has 0 saturated heterocycles. The number of hydrogen-bond acceptors (Lipinski definition) is 2. The summed E-state index contributed by atoms with van der Waals surface area (Å²) in [4.78, 5) is 25.9. The molecule has 3 rings (SSSR count). The number of carbonyl (C=O) groups is 1. The summed E-state index contributed by atoms with van der Waals surface area (Å²) in [6.07, 6.45) is 0. The highest BCUT2D eigenvalue weighted by molar-refractivity contribution is 5.92. The summed E-state index contributed by atoms with van der Waals surface area (Å²) < 4.78 is 1.55. The Bertz CT molecular complexity index is 890. The number of carboxylic acids is 1. The molecule has 0 aliphatic carbocycles. The number of hydrogen-bond donors (Lipinski definition) is 2. The van der Waals surface area contributed by atoms with Gasteiger partial charge in [0, 0.05) is 0 Å². The number of fused-ring (bicyclic) bond motifs is 1. The van der Waals surface area contributed by atoms with E-state index in [4.69, 9.17) is 5.11 Å². The third-order valence-corrected chi connectivity index (χ3v) is 3.45. The van der Waals surface area contributed by atoms with Crippen molar-refractivity contribution < 1.29 is 9.90 Å². The molecule has 0 saturated carbocycles. The molecule has 106 valence electrons. The van der Waals surface area contributed by atoms with Crippen LogP contribution in [0.4, 0.5) is 0 Å². The number of aromatic carboxylic acids is 1. The van der Waals surface area contributed by atoms with E-state index in [9.17, 15) is 9.59 Å². The van der Waals surface area contributed by atoms with Crippen LogP contribution in [0.1, 0.15) is 21.5 Å². The number of aromatic amines is 1. The Balaban J connectivity index is 2.12. The van der Waals surface area contributed by atoms with E-state index in [1.807, 2.05) is 31.2 Å². The van der Waals surface area contributed by atoms with Crippen molar-refractivity contribution in [1.29, 1.82) is 0 Å². The molecule has 0 radical (unpaired) electrons. The van der Waals surface area contributed by atoms with Crippen LogP contribution in [0.5, 0.6) is 0 Å². The first-order valence-corrected chi connectivity index (χ1v) is 6.56. The van der Waals surface area contributed by atoms with Crippen LogP contribution in [0.2, 0.25) is 0 Å². The number of nitrogens with one attached hydrogen (secondary N) is 1. The topological polar surface area (TPSA) is 75.1 Å². The lowest BCUT2D eigenvalue weighted by Gasteiger charge is -2.05. The molecule has 0 aliphatic heterocycles. The maximum absolute atomic E-state index is 12.1. The molecule has 2 aromatic carbocycles.